The molecular weight excluding hydrogens is 266 g/mol. The lowest BCUT2D eigenvalue weighted by Gasteiger charge is -2.18. The summed E-state index contributed by atoms with van der Waals surface area (Å²) in [4.78, 5) is 14.6. The number of carbonyl (C=O) groups excluding carboxylic acids is 1. The third-order valence-corrected chi connectivity index (χ3v) is 4.18. The fraction of sp³-hybridized carbons (Fsp3) is 0.562. The van der Waals surface area contributed by atoms with Crippen molar-refractivity contribution in [3.05, 3.63) is 23.8 Å². The number of nitrogen functional groups attached to an aromatic ring is 1. The molecule has 3 N–H and O–H groups in total. The molecule has 114 valence electrons. The van der Waals surface area contributed by atoms with Crippen molar-refractivity contribution >= 4 is 17.3 Å². The van der Waals surface area contributed by atoms with Crippen molar-refractivity contribution < 1.29 is 9.53 Å². The van der Waals surface area contributed by atoms with Crippen molar-refractivity contribution in [3.8, 4) is 0 Å². The summed E-state index contributed by atoms with van der Waals surface area (Å²) < 4.78 is 5.11. The summed E-state index contributed by atoms with van der Waals surface area (Å²) in [7, 11) is 0. The van der Waals surface area contributed by atoms with E-state index in [9.17, 15) is 4.79 Å². The molecule has 1 saturated carbocycles. The summed E-state index contributed by atoms with van der Waals surface area (Å²) in [5.74, 6) is -0.315. The molecule has 1 aromatic rings. The average molecular weight is 289 g/mol. The van der Waals surface area contributed by atoms with Crippen molar-refractivity contribution in [2.75, 3.05) is 30.7 Å². The summed E-state index contributed by atoms with van der Waals surface area (Å²) in [5.41, 5.74) is 7.73. The highest BCUT2D eigenvalue weighted by Crippen LogP contribution is 2.31. The maximum absolute atomic E-state index is 12.0. The Labute approximate surface area is 125 Å². The molecule has 5 nitrogen and oxygen atoms in total. The van der Waals surface area contributed by atoms with E-state index in [-0.39, 0.29) is 5.97 Å². The standard InChI is InChI=1S/C16H23N3O2/c1-2-21-16(20)14-9-11(17)3-6-15(14)18-12-7-8-19(10-12)13-4-5-13/h3,6,9,12-13,18H,2,4-5,7-8,10,17H2,1H3. The SMILES string of the molecule is CCOC(=O)c1cc(N)ccc1NC1CCN(C2CC2)C1. The smallest absolute Gasteiger partial charge is 0.340 e. The highest BCUT2D eigenvalue weighted by Gasteiger charge is 2.34. The number of nitrogens with two attached hydrogens (primary N) is 1. The number of likely N-dealkylation sites (tertiary alicyclic amines) is 1. The number of esters is 1. The zero-order chi connectivity index (χ0) is 14.8. The van der Waals surface area contributed by atoms with Crippen LogP contribution in [0, 0.1) is 0 Å². The van der Waals surface area contributed by atoms with E-state index in [0.717, 1.165) is 31.2 Å². The number of hydrogen-bond donors (Lipinski definition) is 2. The molecule has 0 radical (unpaired) electrons. The van der Waals surface area contributed by atoms with E-state index in [4.69, 9.17) is 10.5 Å². The van der Waals surface area contributed by atoms with Gasteiger partial charge in [0.2, 0.25) is 0 Å². The summed E-state index contributed by atoms with van der Waals surface area (Å²) >= 11 is 0. The van der Waals surface area contributed by atoms with Crippen LogP contribution in [0.3, 0.4) is 0 Å². The quantitative estimate of drug-likeness (QED) is 0.642. The van der Waals surface area contributed by atoms with Gasteiger partial charge in [0, 0.05) is 36.5 Å². The van der Waals surface area contributed by atoms with Gasteiger partial charge in [-0.3, -0.25) is 4.90 Å². The van der Waals surface area contributed by atoms with Gasteiger partial charge in [-0.15, -0.1) is 0 Å². The molecule has 0 aromatic heterocycles. The third-order valence-electron chi connectivity index (χ3n) is 4.18. The minimum absolute atomic E-state index is 0.315. The molecular formula is C16H23N3O2. The largest absolute Gasteiger partial charge is 0.462 e. The second kappa shape index (κ2) is 5.93. The Kier molecular flexibility index (Phi) is 4.01. The van der Waals surface area contributed by atoms with Gasteiger partial charge in [-0.2, -0.15) is 0 Å². The Morgan fingerprint density at radius 3 is 2.95 bits per heavy atom. The Balaban J connectivity index is 1.70. The van der Waals surface area contributed by atoms with Gasteiger partial charge >= 0.3 is 5.97 Å². The molecule has 3 rings (SSSR count). The molecule has 1 atom stereocenters. The van der Waals surface area contributed by atoms with Gasteiger partial charge in [0.15, 0.2) is 0 Å². The van der Waals surface area contributed by atoms with E-state index in [1.165, 1.54) is 12.8 Å². The summed E-state index contributed by atoms with van der Waals surface area (Å²) in [6.07, 6.45) is 3.79. The Morgan fingerprint density at radius 2 is 2.24 bits per heavy atom. The second-order valence-corrected chi connectivity index (χ2v) is 5.88. The molecule has 0 amide bonds. The first-order valence-corrected chi connectivity index (χ1v) is 7.74. The average Bonchev–Trinajstić information content (AvgIpc) is 3.21. The van der Waals surface area contributed by atoms with Crippen LogP contribution >= 0.6 is 0 Å². The van der Waals surface area contributed by atoms with Crippen molar-refractivity contribution in [3.63, 3.8) is 0 Å². The lowest BCUT2D eigenvalue weighted by Crippen LogP contribution is -2.28. The minimum atomic E-state index is -0.315. The highest BCUT2D eigenvalue weighted by molar-refractivity contribution is 5.96. The minimum Gasteiger partial charge on any atom is -0.462 e. The molecule has 1 aromatic carbocycles. The van der Waals surface area contributed by atoms with Crippen LogP contribution in [-0.4, -0.2) is 42.6 Å². The van der Waals surface area contributed by atoms with Gasteiger partial charge in [0.05, 0.1) is 12.2 Å². The topological polar surface area (TPSA) is 67.6 Å². The van der Waals surface area contributed by atoms with Gasteiger partial charge in [-0.1, -0.05) is 0 Å². The molecule has 2 aliphatic rings. The van der Waals surface area contributed by atoms with E-state index in [1.54, 1.807) is 6.07 Å². The number of hydrogen-bond acceptors (Lipinski definition) is 5. The zero-order valence-electron chi connectivity index (χ0n) is 12.5. The predicted octanol–water partition coefficient (Wildman–Crippen LogP) is 2.09. The van der Waals surface area contributed by atoms with Gasteiger partial charge in [0.25, 0.3) is 0 Å². The number of rotatable bonds is 5. The van der Waals surface area contributed by atoms with Gasteiger partial charge in [0.1, 0.15) is 0 Å². The molecule has 0 spiro atoms. The second-order valence-electron chi connectivity index (χ2n) is 5.88. The first kappa shape index (κ1) is 14.2. The van der Waals surface area contributed by atoms with Crippen molar-refractivity contribution in [2.24, 2.45) is 0 Å². The summed E-state index contributed by atoms with van der Waals surface area (Å²) in [5, 5.41) is 3.49. The molecule has 5 heteroatoms. The lowest BCUT2D eigenvalue weighted by atomic mass is 10.1. The molecule has 1 heterocycles. The third kappa shape index (κ3) is 3.29. The first-order chi connectivity index (χ1) is 10.2. The molecule has 21 heavy (non-hydrogen) atoms. The van der Waals surface area contributed by atoms with Crippen LogP contribution in [0.5, 0.6) is 0 Å². The van der Waals surface area contributed by atoms with E-state index in [1.807, 2.05) is 19.1 Å². The summed E-state index contributed by atoms with van der Waals surface area (Å²) in [6.45, 7) is 4.37. The highest BCUT2D eigenvalue weighted by atomic mass is 16.5. The van der Waals surface area contributed by atoms with Gasteiger partial charge in [-0.25, -0.2) is 4.79 Å². The van der Waals surface area contributed by atoms with Crippen LogP contribution in [0.4, 0.5) is 11.4 Å². The molecule has 1 saturated heterocycles. The van der Waals surface area contributed by atoms with Crippen molar-refractivity contribution in [1.29, 1.82) is 0 Å². The van der Waals surface area contributed by atoms with Crippen LogP contribution < -0.4 is 11.1 Å². The number of benzene rings is 1. The maximum atomic E-state index is 12.0. The Bertz CT molecular complexity index is 528. The van der Waals surface area contributed by atoms with Crippen LogP contribution in [0.25, 0.3) is 0 Å². The van der Waals surface area contributed by atoms with Crippen LogP contribution in [0.2, 0.25) is 0 Å². The van der Waals surface area contributed by atoms with Crippen molar-refractivity contribution in [2.45, 2.75) is 38.3 Å². The Morgan fingerprint density at radius 1 is 1.43 bits per heavy atom. The zero-order valence-corrected chi connectivity index (χ0v) is 12.5. The lowest BCUT2D eigenvalue weighted by molar-refractivity contribution is 0.0527. The molecule has 0 bridgehead atoms. The predicted molar refractivity (Wildman–Crippen MR) is 83.4 cm³/mol. The van der Waals surface area contributed by atoms with E-state index in [2.05, 4.69) is 10.2 Å². The number of nitrogens with one attached hydrogen (secondary N) is 1. The van der Waals surface area contributed by atoms with Gasteiger partial charge < -0.3 is 15.8 Å². The first-order valence-electron chi connectivity index (χ1n) is 7.74. The van der Waals surface area contributed by atoms with Crippen LogP contribution in [0.15, 0.2) is 18.2 Å². The number of anilines is 2. The Hall–Kier alpha value is -1.75. The van der Waals surface area contributed by atoms with E-state index in [0.29, 0.717) is 23.9 Å². The normalized spacial score (nSPS) is 22.2. The fourth-order valence-electron chi connectivity index (χ4n) is 2.96. The number of carbonyl (C=O) groups is 1. The van der Waals surface area contributed by atoms with Crippen molar-refractivity contribution in [1.82, 2.24) is 4.90 Å². The van der Waals surface area contributed by atoms with Crippen LogP contribution in [-0.2, 0) is 4.74 Å². The maximum Gasteiger partial charge on any atom is 0.340 e. The summed E-state index contributed by atoms with van der Waals surface area (Å²) in [6, 6.07) is 6.57. The van der Waals surface area contributed by atoms with Gasteiger partial charge in [-0.05, 0) is 44.4 Å². The molecule has 1 aliphatic carbocycles. The molecule has 1 aliphatic heterocycles. The fourth-order valence-corrected chi connectivity index (χ4v) is 2.96. The number of nitrogens with zero attached hydrogens (tertiary/aromatic N) is 1. The van der Waals surface area contributed by atoms with Crippen LogP contribution in [0.1, 0.15) is 36.5 Å². The molecule has 1 unspecified atom stereocenters. The van der Waals surface area contributed by atoms with E-state index >= 15 is 0 Å². The van der Waals surface area contributed by atoms with E-state index < -0.39 is 0 Å². The monoisotopic (exact) mass is 289 g/mol. The number of ether oxygens (including phenoxy) is 1. The molecule has 2 fully saturated rings.